The molecule has 1 aromatic carbocycles. The van der Waals surface area contributed by atoms with Crippen molar-refractivity contribution in [3.8, 4) is 0 Å². The summed E-state index contributed by atoms with van der Waals surface area (Å²) >= 11 is 1.33. The number of rotatable bonds is 5. The van der Waals surface area contributed by atoms with Crippen LogP contribution in [-0.2, 0) is 23.9 Å². The van der Waals surface area contributed by atoms with Crippen LogP contribution in [0.5, 0.6) is 0 Å². The zero-order valence-electron chi connectivity index (χ0n) is 14.2. The van der Waals surface area contributed by atoms with E-state index in [2.05, 4.69) is 15.2 Å². The van der Waals surface area contributed by atoms with Crippen molar-refractivity contribution in [3.05, 3.63) is 46.5 Å². The van der Waals surface area contributed by atoms with Crippen LogP contribution >= 0.6 is 11.3 Å². The number of anilines is 1. The lowest BCUT2D eigenvalue weighted by molar-refractivity contribution is -0.137. The smallest absolute Gasteiger partial charge is 0.302 e. The molecule has 0 bridgehead atoms. The summed E-state index contributed by atoms with van der Waals surface area (Å²) < 4.78 is 38.2. The topological polar surface area (TPSA) is 45.2 Å². The van der Waals surface area contributed by atoms with E-state index in [-0.39, 0.29) is 12.3 Å². The van der Waals surface area contributed by atoms with Crippen LogP contribution in [0.2, 0.25) is 0 Å². The number of aromatic nitrogens is 1. The van der Waals surface area contributed by atoms with E-state index >= 15 is 0 Å². The molecule has 0 aliphatic carbocycles. The maximum Gasteiger partial charge on any atom is 0.416 e. The van der Waals surface area contributed by atoms with Crippen LogP contribution in [0.1, 0.15) is 36.1 Å². The zero-order chi connectivity index (χ0) is 18.6. The molecule has 0 radical (unpaired) electrons. The average molecular weight is 383 g/mol. The third-order valence-electron chi connectivity index (χ3n) is 4.25. The number of likely N-dealkylation sites (tertiary alicyclic amines) is 1. The van der Waals surface area contributed by atoms with E-state index in [1.54, 1.807) is 0 Å². The summed E-state index contributed by atoms with van der Waals surface area (Å²) in [6.45, 7) is 2.89. The number of carbonyl (C=O) groups is 1. The van der Waals surface area contributed by atoms with Gasteiger partial charge in [-0.05, 0) is 37.6 Å². The Morgan fingerprint density at radius 2 is 2.00 bits per heavy atom. The van der Waals surface area contributed by atoms with E-state index in [4.69, 9.17) is 0 Å². The molecule has 1 N–H and O–H groups in total. The maximum atomic E-state index is 12.7. The third-order valence-corrected chi connectivity index (χ3v) is 5.06. The van der Waals surface area contributed by atoms with Gasteiger partial charge in [0.2, 0.25) is 5.91 Å². The lowest BCUT2D eigenvalue weighted by Gasteiger charge is -2.25. The molecular formula is C18H20F3N3OS. The fourth-order valence-electron chi connectivity index (χ4n) is 2.99. The van der Waals surface area contributed by atoms with Crippen molar-refractivity contribution >= 4 is 22.4 Å². The molecule has 2 aromatic rings. The highest BCUT2D eigenvalue weighted by Gasteiger charge is 2.30. The summed E-state index contributed by atoms with van der Waals surface area (Å²) in [5.74, 6) is -0.372. The lowest BCUT2D eigenvalue weighted by Crippen LogP contribution is -2.29. The van der Waals surface area contributed by atoms with E-state index in [1.807, 2.05) is 5.38 Å². The number of hydrogen-bond donors (Lipinski definition) is 1. The zero-order valence-corrected chi connectivity index (χ0v) is 15.0. The molecule has 140 valence electrons. The molecule has 2 heterocycles. The van der Waals surface area contributed by atoms with Gasteiger partial charge in [-0.3, -0.25) is 9.69 Å². The first-order chi connectivity index (χ1) is 12.4. The second kappa shape index (κ2) is 8.18. The predicted molar refractivity (Wildman–Crippen MR) is 95.0 cm³/mol. The Balaban J connectivity index is 1.55. The Morgan fingerprint density at radius 3 is 2.73 bits per heavy atom. The number of carbonyl (C=O) groups excluding carboxylic acids is 1. The van der Waals surface area contributed by atoms with Gasteiger partial charge in [-0.25, -0.2) is 4.98 Å². The molecule has 26 heavy (non-hydrogen) atoms. The van der Waals surface area contributed by atoms with Crippen LogP contribution in [0.3, 0.4) is 0 Å². The normalized spacial score (nSPS) is 15.8. The molecule has 1 aliphatic heterocycles. The molecule has 1 aliphatic rings. The van der Waals surface area contributed by atoms with Gasteiger partial charge in [0.15, 0.2) is 5.13 Å². The molecule has 0 spiro atoms. The van der Waals surface area contributed by atoms with Crippen molar-refractivity contribution in [2.75, 3.05) is 18.4 Å². The SMILES string of the molecule is O=C(Cc1cccc(C(F)(F)F)c1)Nc1nc(CN2CCCCC2)cs1. The summed E-state index contributed by atoms with van der Waals surface area (Å²) in [6.07, 6.45) is -0.865. The quantitative estimate of drug-likeness (QED) is 0.836. The van der Waals surface area contributed by atoms with Gasteiger partial charge in [0.1, 0.15) is 0 Å². The Kier molecular flexibility index (Phi) is 5.93. The molecule has 0 unspecified atom stereocenters. The third kappa shape index (κ3) is 5.28. The van der Waals surface area contributed by atoms with Crippen LogP contribution in [0, 0.1) is 0 Å². The van der Waals surface area contributed by atoms with Gasteiger partial charge in [-0.2, -0.15) is 13.2 Å². The Hall–Kier alpha value is -1.93. The minimum Gasteiger partial charge on any atom is -0.302 e. The number of nitrogens with one attached hydrogen (secondary N) is 1. The molecule has 0 saturated carbocycles. The average Bonchev–Trinajstić information content (AvgIpc) is 3.02. The number of amides is 1. The van der Waals surface area contributed by atoms with E-state index in [0.29, 0.717) is 10.7 Å². The summed E-state index contributed by atoms with van der Waals surface area (Å²) in [7, 11) is 0. The number of halogens is 3. The number of nitrogens with zero attached hydrogens (tertiary/aromatic N) is 2. The van der Waals surface area contributed by atoms with Crippen LogP contribution in [-0.4, -0.2) is 28.9 Å². The van der Waals surface area contributed by atoms with E-state index in [1.165, 1.54) is 42.7 Å². The van der Waals surface area contributed by atoms with Gasteiger partial charge in [0.05, 0.1) is 17.7 Å². The lowest BCUT2D eigenvalue weighted by atomic mass is 10.1. The number of hydrogen-bond acceptors (Lipinski definition) is 4. The van der Waals surface area contributed by atoms with Crippen molar-refractivity contribution < 1.29 is 18.0 Å². The summed E-state index contributed by atoms with van der Waals surface area (Å²) in [5, 5.41) is 5.07. The van der Waals surface area contributed by atoms with Gasteiger partial charge in [0.25, 0.3) is 0 Å². The van der Waals surface area contributed by atoms with Gasteiger partial charge in [0, 0.05) is 11.9 Å². The first-order valence-corrected chi connectivity index (χ1v) is 9.41. The molecule has 8 heteroatoms. The summed E-state index contributed by atoms with van der Waals surface area (Å²) in [6, 6.07) is 4.82. The van der Waals surface area contributed by atoms with Gasteiger partial charge in [-0.15, -0.1) is 11.3 Å². The van der Waals surface area contributed by atoms with Gasteiger partial charge >= 0.3 is 6.18 Å². The Morgan fingerprint density at radius 1 is 1.23 bits per heavy atom. The highest BCUT2D eigenvalue weighted by Crippen LogP contribution is 2.29. The van der Waals surface area contributed by atoms with Crippen molar-refractivity contribution in [2.24, 2.45) is 0 Å². The number of piperidine rings is 1. The molecule has 3 rings (SSSR count). The second-order valence-electron chi connectivity index (χ2n) is 6.40. The standard InChI is InChI=1S/C18H20F3N3OS/c19-18(20,21)14-6-4-5-13(9-14)10-16(25)23-17-22-15(12-26-17)11-24-7-2-1-3-8-24/h4-6,9,12H,1-3,7-8,10-11H2,(H,22,23,25). The molecule has 1 fully saturated rings. The van der Waals surface area contributed by atoms with E-state index in [9.17, 15) is 18.0 Å². The molecule has 1 amide bonds. The van der Waals surface area contributed by atoms with Crippen LogP contribution in [0.25, 0.3) is 0 Å². The van der Waals surface area contributed by atoms with Crippen LogP contribution in [0.15, 0.2) is 29.6 Å². The second-order valence-corrected chi connectivity index (χ2v) is 7.26. The largest absolute Gasteiger partial charge is 0.416 e. The fourth-order valence-corrected chi connectivity index (χ4v) is 3.71. The minimum atomic E-state index is -4.41. The van der Waals surface area contributed by atoms with Crippen LogP contribution in [0.4, 0.5) is 18.3 Å². The van der Waals surface area contributed by atoms with Gasteiger partial charge < -0.3 is 5.32 Å². The van der Waals surface area contributed by atoms with Crippen molar-refractivity contribution in [3.63, 3.8) is 0 Å². The van der Waals surface area contributed by atoms with Crippen molar-refractivity contribution in [1.82, 2.24) is 9.88 Å². The Bertz CT molecular complexity index is 754. The fraction of sp³-hybridized carbons (Fsp3) is 0.444. The number of alkyl halides is 3. The molecular weight excluding hydrogens is 363 g/mol. The van der Waals surface area contributed by atoms with Crippen molar-refractivity contribution in [1.29, 1.82) is 0 Å². The number of thiazole rings is 1. The summed E-state index contributed by atoms with van der Waals surface area (Å²) in [5.41, 5.74) is 0.481. The predicted octanol–water partition coefficient (Wildman–Crippen LogP) is 4.33. The van der Waals surface area contributed by atoms with Crippen LogP contribution < -0.4 is 5.32 Å². The maximum absolute atomic E-state index is 12.7. The summed E-state index contributed by atoms with van der Waals surface area (Å²) in [4.78, 5) is 18.9. The van der Waals surface area contributed by atoms with Crippen molar-refractivity contribution in [2.45, 2.75) is 38.4 Å². The van der Waals surface area contributed by atoms with Gasteiger partial charge in [-0.1, -0.05) is 24.6 Å². The first-order valence-electron chi connectivity index (χ1n) is 8.53. The number of benzene rings is 1. The highest BCUT2D eigenvalue weighted by molar-refractivity contribution is 7.13. The van der Waals surface area contributed by atoms with E-state index in [0.717, 1.165) is 37.5 Å². The Labute approximate surface area is 154 Å². The molecule has 0 atom stereocenters. The highest BCUT2D eigenvalue weighted by atomic mass is 32.1. The molecule has 4 nitrogen and oxygen atoms in total. The van der Waals surface area contributed by atoms with E-state index < -0.39 is 11.7 Å². The first kappa shape index (κ1) is 18.8. The molecule has 1 saturated heterocycles. The minimum absolute atomic E-state index is 0.120. The monoisotopic (exact) mass is 383 g/mol. The molecule has 1 aromatic heterocycles.